The predicted octanol–water partition coefficient (Wildman–Crippen LogP) is 5.04. The zero-order valence-electron chi connectivity index (χ0n) is 14.7. The highest BCUT2D eigenvalue weighted by Gasteiger charge is 2.13. The maximum atomic E-state index is 12.7. The first-order valence-electron chi connectivity index (χ1n) is 8.60. The highest BCUT2D eigenvalue weighted by atomic mass is 79.9. The molecule has 0 bridgehead atoms. The van der Waals surface area contributed by atoms with Crippen molar-refractivity contribution in [1.29, 1.82) is 0 Å². The van der Waals surface area contributed by atoms with Gasteiger partial charge in [-0.3, -0.25) is 4.79 Å². The summed E-state index contributed by atoms with van der Waals surface area (Å²) in [6.07, 6.45) is 1.71. The van der Waals surface area contributed by atoms with Gasteiger partial charge in [-0.25, -0.2) is 0 Å². The summed E-state index contributed by atoms with van der Waals surface area (Å²) in [7, 11) is 0. The number of furan rings is 1. The van der Waals surface area contributed by atoms with Gasteiger partial charge in [0.2, 0.25) is 4.96 Å². The molecule has 2 aromatic carbocycles. The van der Waals surface area contributed by atoms with Gasteiger partial charge in [0.25, 0.3) is 5.56 Å². The van der Waals surface area contributed by atoms with Crippen LogP contribution in [0.5, 0.6) is 0 Å². The zero-order chi connectivity index (χ0) is 20.0. The lowest BCUT2D eigenvalue weighted by atomic mass is 10.2. The number of hydrogen-bond donors (Lipinski definition) is 0. The molecule has 0 aliphatic rings. The normalized spacial score (nSPS) is 12.1. The van der Waals surface area contributed by atoms with E-state index in [1.165, 1.54) is 15.9 Å². The third-order valence-corrected chi connectivity index (χ3v) is 6.02. The highest BCUT2D eigenvalue weighted by Crippen LogP contribution is 2.24. The third kappa shape index (κ3) is 3.53. The average molecular weight is 485 g/mol. The summed E-state index contributed by atoms with van der Waals surface area (Å²) in [6, 6.07) is 18.8. The van der Waals surface area contributed by atoms with E-state index in [0.29, 0.717) is 26.1 Å². The van der Waals surface area contributed by atoms with E-state index in [1.54, 1.807) is 18.2 Å². The van der Waals surface area contributed by atoms with Gasteiger partial charge in [-0.05, 0) is 36.4 Å². The van der Waals surface area contributed by atoms with Crippen molar-refractivity contribution in [2.45, 2.75) is 0 Å². The Labute approximate surface area is 182 Å². The highest BCUT2D eigenvalue weighted by molar-refractivity contribution is 9.10. The van der Waals surface area contributed by atoms with Crippen LogP contribution in [0, 0.1) is 0 Å². The molecule has 3 heterocycles. The number of benzene rings is 2. The van der Waals surface area contributed by atoms with E-state index in [9.17, 15) is 4.79 Å². The smallest absolute Gasteiger partial charge is 0.291 e. The molecule has 0 radical (unpaired) electrons. The topological polar surface area (TPSA) is 60.4 Å². The average Bonchev–Trinajstić information content (AvgIpc) is 3.41. The summed E-state index contributed by atoms with van der Waals surface area (Å²) in [6.45, 7) is 0. The molecule has 0 unspecified atom stereocenters. The SMILES string of the molecule is O=c1/c(=C/c2ccc(-c3ccc(Br)cc3)o2)sc2nc(-c3cccc(Cl)c3)nn12. The molecule has 0 aliphatic carbocycles. The minimum absolute atomic E-state index is 0.229. The van der Waals surface area contributed by atoms with Gasteiger partial charge in [-0.1, -0.05) is 63.1 Å². The summed E-state index contributed by atoms with van der Waals surface area (Å²) in [5.41, 5.74) is 1.50. The van der Waals surface area contributed by atoms with Crippen LogP contribution in [0.1, 0.15) is 5.76 Å². The maximum absolute atomic E-state index is 12.7. The van der Waals surface area contributed by atoms with Crippen LogP contribution in [0.15, 0.2) is 74.3 Å². The minimum atomic E-state index is -0.229. The lowest BCUT2D eigenvalue weighted by molar-refractivity contribution is 0.571. The van der Waals surface area contributed by atoms with Crippen molar-refractivity contribution in [2.75, 3.05) is 0 Å². The molecule has 0 fully saturated rings. The van der Waals surface area contributed by atoms with Crippen LogP contribution in [-0.2, 0) is 0 Å². The fourth-order valence-corrected chi connectivity index (χ4v) is 4.25. The summed E-state index contributed by atoms with van der Waals surface area (Å²) in [5, 5.41) is 4.93. The molecule has 0 atom stereocenters. The van der Waals surface area contributed by atoms with Gasteiger partial charge in [0.15, 0.2) is 5.82 Å². The van der Waals surface area contributed by atoms with Gasteiger partial charge in [-0.15, -0.1) is 5.10 Å². The van der Waals surface area contributed by atoms with E-state index < -0.39 is 0 Å². The standard InChI is InChI=1S/C21H11BrClN3O2S/c22-14-6-4-12(5-7-14)17-9-8-16(28-17)11-18-20(27)26-21(29-18)24-19(25-26)13-2-1-3-15(23)10-13/h1-11H/b18-11-. The second-order valence-corrected chi connectivity index (χ2v) is 8.63. The van der Waals surface area contributed by atoms with E-state index in [4.69, 9.17) is 16.0 Å². The fraction of sp³-hybridized carbons (Fsp3) is 0. The summed E-state index contributed by atoms with van der Waals surface area (Å²) >= 11 is 10.7. The van der Waals surface area contributed by atoms with Crippen LogP contribution >= 0.6 is 38.9 Å². The number of nitrogens with zero attached hydrogens (tertiary/aromatic N) is 3. The quantitative estimate of drug-likeness (QED) is 0.360. The monoisotopic (exact) mass is 483 g/mol. The van der Waals surface area contributed by atoms with Crippen molar-refractivity contribution in [1.82, 2.24) is 14.6 Å². The van der Waals surface area contributed by atoms with Crippen molar-refractivity contribution >= 4 is 49.9 Å². The molecule has 5 aromatic rings. The van der Waals surface area contributed by atoms with Gasteiger partial charge >= 0.3 is 0 Å². The van der Waals surface area contributed by atoms with Crippen molar-refractivity contribution in [3.8, 4) is 22.7 Å². The van der Waals surface area contributed by atoms with Crippen LogP contribution in [0.2, 0.25) is 5.02 Å². The molecular weight excluding hydrogens is 474 g/mol. The van der Waals surface area contributed by atoms with Crippen LogP contribution < -0.4 is 10.1 Å². The van der Waals surface area contributed by atoms with Crippen molar-refractivity contribution in [3.05, 3.63) is 90.8 Å². The van der Waals surface area contributed by atoms with E-state index in [0.717, 1.165) is 21.4 Å². The molecule has 0 saturated carbocycles. The third-order valence-electron chi connectivity index (χ3n) is 4.29. The Morgan fingerprint density at radius 2 is 1.90 bits per heavy atom. The molecule has 3 aromatic heterocycles. The Balaban J connectivity index is 1.52. The molecule has 142 valence electrons. The second kappa shape index (κ2) is 7.26. The van der Waals surface area contributed by atoms with Gasteiger partial charge in [0, 0.05) is 26.7 Å². The van der Waals surface area contributed by atoms with E-state index in [-0.39, 0.29) is 5.56 Å². The molecule has 0 spiro atoms. The van der Waals surface area contributed by atoms with Gasteiger partial charge in [0.05, 0.1) is 0 Å². The van der Waals surface area contributed by atoms with Gasteiger partial charge in [0.1, 0.15) is 16.1 Å². The van der Waals surface area contributed by atoms with E-state index in [1.807, 2.05) is 48.5 Å². The zero-order valence-corrected chi connectivity index (χ0v) is 17.8. The van der Waals surface area contributed by atoms with Crippen molar-refractivity contribution < 1.29 is 4.42 Å². The lowest BCUT2D eigenvalue weighted by Crippen LogP contribution is -2.23. The Kier molecular flexibility index (Phi) is 4.58. The lowest BCUT2D eigenvalue weighted by Gasteiger charge is -1.96. The number of fused-ring (bicyclic) bond motifs is 1. The molecular formula is C21H11BrClN3O2S. The van der Waals surface area contributed by atoms with Crippen LogP contribution in [-0.4, -0.2) is 14.6 Å². The predicted molar refractivity (Wildman–Crippen MR) is 118 cm³/mol. The van der Waals surface area contributed by atoms with Crippen LogP contribution in [0.3, 0.4) is 0 Å². The van der Waals surface area contributed by atoms with E-state index in [2.05, 4.69) is 26.0 Å². The van der Waals surface area contributed by atoms with Crippen LogP contribution in [0.4, 0.5) is 0 Å². The Hall–Kier alpha value is -2.74. The fourth-order valence-electron chi connectivity index (χ4n) is 2.91. The molecule has 8 heteroatoms. The maximum Gasteiger partial charge on any atom is 0.291 e. The number of rotatable bonds is 3. The molecule has 5 rings (SSSR count). The number of thiazole rings is 1. The second-order valence-electron chi connectivity index (χ2n) is 6.26. The van der Waals surface area contributed by atoms with Gasteiger partial charge in [-0.2, -0.15) is 9.50 Å². The Bertz CT molecular complexity index is 1450. The van der Waals surface area contributed by atoms with E-state index >= 15 is 0 Å². The van der Waals surface area contributed by atoms with Crippen LogP contribution in [0.25, 0.3) is 33.7 Å². The molecule has 0 N–H and O–H groups in total. The molecule has 0 saturated heterocycles. The van der Waals surface area contributed by atoms with Gasteiger partial charge < -0.3 is 4.42 Å². The summed E-state index contributed by atoms with van der Waals surface area (Å²) < 4.78 is 8.70. The molecule has 5 nitrogen and oxygen atoms in total. The number of halogens is 2. The molecule has 29 heavy (non-hydrogen) atoms. The molecule has 0 aliphatic heterocycles. The first kappa shape index (κ1) is 18.3. The first-order valence-corrected chi connectivity index (χ1v) is 10.6. The van der Waals surface area contributed by atoms with Crippen molar-refractivity contribution in [3.63, 3.8) is 0 Å². The number of hydrogen-bond acceptors (Lipinski definition) is 5. The first-order chi connectivity index (χ1) is 14.1. The largest absolute Gasteiger partial charge is 0.457 e. The minimum Gasteiger partial charge on any atom is -0.457 e. The van der Waals surface area contributed by atoms with Crippen molar-refractivity contribution in [2.24, 2.45) is 0 Å². The Morgan fingerprint density at radius 3 is 2.66 bits per heavy atom. The Morgan fingerprint density at radius 1 is 1.07 bits per heavy atom. The summed E-state index contributed by atoms with van der Waals surface area (Å²) in [4.78, 5) is 17.7. The number of aromatic nitrogens is 3. The summed E-state index contributed by atoms with van der Waals surface area (Å²) in [5.74, 6) is 1.80. The molecule has 0 amide bonds.